The zero-order chi connectivity index (χ0) is 21.3. The third kappa shape index (κ3) is 5.55. The van der Waals surface area contributed by atoms with Crippen LogP contribution in [0.2, 0.25) is 0 Å². The van der Waals surface area contributed by atoms with Crippen LogP contribution in [-0.2, 0) is 0 Å². The molecular formula is C23H26FN5S. The number of aromatic nitrogens is 1. The van der Waals surface area contributed by atoms with E-state index in [4.69, 9.17) is 17.2 Å². The molecule has 0 fully saturated rings. The summed E-state index contributed by atoms with van der Waals surface area (Å²) in [6, 6.07) is 10.2. The summed E-state index contributed by atoms with van der Waals surface area (Å²) in [6.07, 6.45) is 5.78. The van der Waals surface area contributed by atoms with Gasteiger partial charge in [-0.3, -0.25) is 0 Å². The SMILES string of the molecule is Cc1ccc2nc(N(CCCNC=S)CCNC3=C(F)CCC=C3)c(C#N)cc2c1. The molecule has 1 aliphatic rings. The van der Waals surface area contributed by atoms with Gasteiger partial charge in [0.1, 0.15) is 17.7 Å². The Morgan fingerprint density at radius 1 is 1.30 bits per heavy atom. The lowest BCUT2D eigenvalue weighted by Crippen LogP contribution is -2.35. The van der Waals surface area contributed by atoms with Crippen molar-refractivity contribution in [2.24, 2.45) is 0 Å². The van der Waals surface area contributed by atoms with Crippen LogP contribution in [-0.4, -0.2) is 36.7 Å². The molecule has 3 rings (SSSR count). The number of allylic oxidation sites excluding steroid dienone is 3. The molecule has 1 heterocycles. The Balaban J connectivity index is 1.81. The maximum atomic E-state index is 14.0. The number of rotatable bonds is 10. The quantitative estimate of drug-likeness (QED) is 0.439. The third-order valence-corrected chi connectivity index (χ3v) is 5.17. The van der Waals surface area contributed by atoms with Gasteiger partial charge in [0.25, 0.3) is 0 Å². The van der Waals surface area contributed by atoms with E-state index < -0.39 is 0 Å². The molecule has 0 aliphatic heterocycles. The molecule has 0 atom stereocenters. The summed E-state index contributed by atoms with van der Waals surface area (Å²) in [5.74, 6) is 0.554. The molecule has 0 amide bonds. The number of halogens is 1. The van der Waals surface area contributed by atoms with Crippen LogP contribution in [0.1, 0.15) is 30.4 Å². The minimum Gasteiger partial charge on any atom is -0.382 e. The highest BCUT2D eigenvalue weighted by molar-refractivity contribution is 7.78. The number of hydrogen-bond donors (Lipinski definition) is 2. The minimum absolute atomic E-state index is 0.105. The van der Waals surface area contributed by atoms with Crippen LogP contribution >= 0.6 is 12.2 Å². The molecule has 0 spiro atoms. The Morgan fingerprint density at radius 2 is 2.17 bits per heavy atom. The van der Waals surface area contributed by atoms with Crippen molar-refractivity contribution in [1.82, 2.24) is 15.6 Å². The zero-order valence-electron chi connectivity index (χ0n) is 17.1. The Hall–Kier alpha value is -2.98. The highest BCUT2D eigenvalue weighted by atomic mass is 32.1. The predicted octanol–water partition coefficient (Wildman–Crippen LogP) is 4.28. The summed E-state index contributed by atoms with van der Waals surface area (Å²) < 4.78 is 14.0. The molecule has 1 aromatic carbocycles. The van der Waals surface area contributed by atoms with Crippen LogP contribution in [0.4, 0.5) is 10.2 Å². The first-order chi connectivity index (χ1) is 14.6. The van der Waals surface area contributed by atoms with Crippen molar-refractivity contribution in [3.8, 4) is 6.07 Å². The first-order valence-electron chi connectivity index (χ1n) is 10.1. The predicted molar refractivity (Wildman–Crippen MR) is 124 cm³/mol. The number of benzene rings is 1. The Kier molecular flexibility index (Phi) is 7.75. The van der Waals surface area contributed by atoms with E-state index in [9.17, 15) is 9.65 Å². The summed E-state index contributed by atoms with van der Waals surface area (Å²) in [6.45, 7) is 4.61. The summed E-state index contributed by atoms with van der Waals surface area (Å²) in [5.41, 5.74) is 4.58. The second kappa shape index (κ2) is 10.7. The maximum Gasteiger partial charge on any atom is 0.147 e. The number of hydrogen-bond acceptors (Lipinski definition) is 5. The van der Waals surface area contributed by atoms with Crippen molar-refractivity contribution in [2.45, 2.75) is 26.2 Å². The number of anilines is 1. The molecule has 156 valence electrons. The van der Waals surface area contributed by atoms with Crippen molar-refractivity contribution in [3.63, 3.8) is 0 Å². The lowest BCUT2D eigenvalue weighted by molar-refractivity contribution is 0.560. The van der Waals surface area contributed by atoms with Crippen molar-refractivity contribution < 1.29 is 4.39 Å². The first-order valence-corrected chi connectivity index (χ1v) is 10.6. The number of fused-ring (bicyclic) bond motifs is 1. The van der Waals surface area contributed by atoms with Gasteiger partial charge in [-0.15, -0.1) is 0 Å². The molecule has 0 radical (unpaired) electrons. The average molecular weight is 424 g/mol. The van der Waals surface area contributed by atoms with Gasteiger partial charge < -0.3 is 15.5 Å². The standard InChI is InChI=1S/C23H26FN5S/c1-17-7-8-21-18(13-17)14-19(15-25)23(28-21)29(11-4-9-26-16-30)12-10-27-22-6-3-2-5-20(22)24/h3,6-8,13-14,16,27H,2,4-5,9-12H2,1H3,(H,26,30). The van der Waals surface area contributed by atoms with Crippen molar-refractivity contribution >= 4 is 34.4 Å². The molecule has 0 saturated carbocycles. The van der Waals surface area contributed by atoms with E-state index >= 15 is 0 Å². The minimum atomic E-state index is -0.105. The van der Waals surface area contributed by atoms with Gasteiger partial charge in [-0.1, -0.05) is 29.9 Å². The van der Waals surface area contributed by atoms with Crippen LogP contribution in [0.25, 0.3) is 10.9 Å². The number of thiocarbonyl (C=S) groups is 1. The van der Waals surface area contributed by atoms with E-state index in [-0.39, 0.29) is 5.83 Å². The van der Waals surface area contributed by atoms with E-state index in [1.165, 1.54) is 5.49 Å². The molecule has 1 aliphatic carbocycles. The topological polar surface area (TPSA) is 64.0 Å². The van der Waals surface area contributed by atoms with Gasteiger partial charge in [-0.2, -0.15) is 5.26 Å². The summed E-state index contributed by atoms with van der Waals surface area (Å²) >= 11 is 4.82. The summed E-state index contributed by atoms with van der Waals surface area (Å²) in [5, 5.41) is 16.9. The fourth-order valence-corrected chi connectivity index (χ4v) is 3.60. The molecule has 0 saturated heterocycles. The number of nitrogens with zero attached hydrogens (tertiary/aromatic N) is 3. The number of nitrogens with one attached hydrogen (secondary N) is 2. The molecule has 2 aromatic rings. The van der Waals surface area contributed by atoms with E-state index in [0.717, 1.165) is 35.9 Å². The molecule has 7 heteroatoms. The smallest absolute Gasteiger partial charge is 0.147 e. The lowest BCUT2D eigenvalue weighted by atomic mass is 10.1. The van der Waals surface area contributed by atoms with E-state index in [2.05, 4.69) is 21.6 Å². The molecule has 2 N–H and O–H groups in total. The van der Waals surface area contributed by atoms with Gasteiger partial charge in [-0.05, 0) is 44.0 Å². The summed E-state index contributed by atoms with van der Waals surface area (Å²) in [7, 11) is 0. The van der Waals surface area contributed by atoms with Crippen LogP contribution < -0.4 is 15.5 Å². The van der Waals surface area contributed by atoms with Gasteiger partial charge in [0, 0.05) is 38.0 Å². The first kappa shape index (κ1) is 21.7. The van der Waals surface area contributed by atoms with Crippen molar-refractivity contribution in [1.29, 1.82) is 5.26 Å². The summed E-state index contributed by atoms with van der Waals surface area (Å²) in [4.78, 5) is 6.88. The second-order valence-electron chi connectivity index (χ2n) is 7.27. The monoisotopic (exact) mass is 423 g/mol. The highest BCUT2D eigenvalue weighted by Crippen LogP contribution is 2.24. The molecule has 1 aromatic heterocycles. The maximum absolute atomic E-state index is 14.0. The van der Waals surface area contributed by atoms with E-state index in [0.29, 0.717) is 43.1 Å². The number of aryl methyl sites for hydroxylation is 1. The van der Waals surface area contributed by atoms with Crippen LogP contribution in [0.15, 0.2) is 47.9 Å². The lowest BCUT2D eigenvalue weighted by Gasteiger charge is -2.26. The van der Waals surface area contributed by atoms with Gasteiger partial charge in [0.2, 0.25) is 0 Å². The van der Waals surface area contributed by atoms with Gasteiger partial charge in [-0.25, -0.2) is 9.37 Å². The molecular weight excluding hydrogens is 397 g/mol. The van der Waals surface area contributed by atoms with Crippen LogP contribution in [0, 0.1) is 18.3 Å². The number of nitriles is 1. The second-order valence-corrected chi connectivity index (χ2v) is 7.50. The largest absolute Gasteiger partial charge is 0.382 e. The Bertz CT molecular complexity index is 1010. The Labute approximate surface area is 182 Å². The zero-order valence-corrected chi connectivity index (χ0v) is 17.9. The van der Waals surface area contributed by atoms with E-state index in [1.807, 2.05) is 37.3 Å². The van der Waals surface area contributed by atoms with Crippen molar-refractivity contribution in [3.05, 3.63) is 59.1 Å². The number of pyridine rings is 1. The molecule has 5 nitrogen and oxygen atoms in total. The molecule has 30 heavy (non-hydrogen) atoms. The fourth-order valence-electron chi connectivity index (χ4n) is 3.48. The highest BCUT2D eigenvalue weighted by Gasteiger charge is 2.15. The average Bonchev–Trinajstić information content (AvgIpc) is 2.75. The van der Waals surface area contributed by atoms with E-state index in [1.54, 1.807) is 6.08 Å². The van der Waals surface area contributed by atoms with Crippen LogP contribution in [0.3, 0.4) is 0 Å². The van der Waals surface area contributed by atoms with Crippen molar-refractivity contribution in [2.75, 3.05) is 31.1 Å². The molecule has 0 bridgehead atoms. The van der Waals surface area contributed by atoms with Gasteiger partial charge >= 0.3 is 0 Å². The van der Waals surface area contributed by atoms with Crippen LogP contribution in [0.5, 0.6) is 0 Å². The molecule has 0 unspecified atom stereocenters. The Morgan fingerprint density at radius 3 is 2.93 bits per heavy atom. The fraction of sp³-hybridized carbons (Fsp3) is 0.348. The third-order valence-electron chi connectivity index (χ3n) is 5.01. The normalized spacial score (nSPS) is 13.2. The van der Waals surface area contributed by atoms with Gasteiger partial charge in [0.05, 0.1) is 22.3 Å². The van der Waals surface area contributed by atoms with Gasteiger partial charge in [0.15, 0.2) is 0 Å².